The Morgan fingerprint density at radius 3 is 2.67 bits per heavy atom. The van der Waals surface area contributed by atoms with Crippen LogP contribution in [0.2, 0.25) is 5.02 Å². The summed E-state index contributed by atoms with van der Waals surface area (Å²) in [6.07, 6.45) is 1.11. The molecule has 0 radical (unpaired) electrons. The number of amides is 1. The molecule has 2 N–H and O–H groups in total. The van der Waals surface area contributed by atoms with Crippen molar-refractivity contribution in [3.05, 3.63) is 70.5 Å². The molecule has 2 aromatic carbocycles. The summed E-state index contributed by atoms with van der Waals surface area (Å²) < 4.78 is 14.3. The van der Waals surface area contributed by atoms with Crippen LogP contribution >= 0.6 is 11.6 Å². The number of carboxylic acids is 1. The number of carboxylic acid groups (broad SMARTS) is 1. The Bertz CT molecular complexity index is 863. The third-order valence-corrected chi connectivity index (χ3v) is 4.03. The first-order chi connectivity index (χ1) is 11.5. The van der Waals surface area contributed by atoms with Crippen molar-refractivity contribution in [2.45, 2.75) is 6.42 Å². The zero-order valence-electron chi connectivity index (χ0n) is 12.4. The summed E-state index contributed by atoms with van der Waals surface area (Å²) >= 11 is 6.05. The predicted molar refractivity (Wildman–Crippen MR) is 89.3 cm³/mol. The van der Waals surface area contributed by atoms with E-state index in [-0.39, 0.29) is 12.0 Å². The number of benzene rings is 2. The SMILES string of the molecule is O=C(O)CC1C=C(c2ccccc2F)c2cc(Cl)ccc2NC1=O. The highest BCUT2D eigenvalue weighted by molar-refractivity contribution is 6.31. The average molecular weight is 346 g/mol. The second-order valence-corrected chi connectivity index (χ2v) is 5.88. The number of anilines is 1. The minimum atomic E-state index is -1.11. The van der Waals surface area contributed by atoms with E-state index < -0.39 is 23.6 Å². The van der Waals surface area contributed by atoms with E-state index in [0.29, 0.717) is 21.8 Å². The summed E-state index contributed by atoms with van der Waals surface area (Å²) in [5.74, 6) is -2.93. The quantitative estimate of drug-likeness (QED) is 0.885. The third kappa shape index (κ3) is 3.16. The third-order valence-electron chi connectivity index (χ3n) is 3.79. The molecule has 2 aromatic rings. The van der Waals surface area contributed by atoms with Crippen LogP contribution in [0.25, 0.3) is 5.57 Å². The largest absolute Gasteiger partial charge is 0.481 e. The van der Waals surface area contributed by atoms with E-state index in [2.05, 4.69) is 5.32 Å². The van der Waals surface area contributed by atoms with E-state index in [0.717, 1.165) is 0 Å². The first kappa shape index (κ1) is 16.2. The number of hydrogen-bond acceptors (Lipinski definition) is 2. The van der Waals surface area contributed by atoms with Gasteiger partial charge in [-0.05, 0) is 29.8 Å². The lowest BCUT2D eigenvalue weighted by Crippen LogP contribution is -2.22. The average Bonchev–Trinajstić information content (AvgIpc) is 2.65. The maximum Gasteiger partial charge on any atom is 0.304 e. The number of carbonyl (C=O) groups excluding carboxylic acids is 1. The summed E-state index contributed by atoms with van der Waals surface area (Å²) in [4.78, 5) is 23.4. The number of hydrogen-bond donors (Lipinski definition) is 2. The van der Waals surface area contributed by atoms with Crippen molar-refractivity contribution in [2.24, 2.45) is 5.92 Å². The fourth-order valence-corrected chi connectivity index (χ4v) is 2.87. The van der Waals surface area contributed by atoms with Crippen LogP contribution in [0.15, 0.2) is 48.5 Å². The van der Waals surface area contributed by atoms with Gasteiger partial charge in [-0.25, -0.2) is 4.39 Å². The molecule has 24 heavy (non-hydrogen) atoms. The summed E-state index contributed by atoms with van der Waals surface area (Å²) in [7, 11) is 0. The summed E-state index contributed by atoms with van der Waals surface area (Å²) in [5.41, 5.74) is 1.74. The van der Waals surface area contributed by atoms with Crippen molar-refractivity contribution in [2.75, 3.05) is 5.32 Å². The van der Waals surface area contributed by atoms with E-state index in [1.54, 1.807) is 36.4 Å². The van der Waals surface area contributed by atoms with Crippen molar-refractivity contribution in [1.82, 2.24) is 0 Å². The molecule has 6 heteroatoms. The predicted octanol–water partition coefficient (Wildman–Crippen LogP) is 3.95. The number of rotatable bonds is 3. The molecule has 0 bridgehead atoms. The maximum atomic E-state index is 14.3. The Hall–Kier alpha value is -2.66. The van der Waals surface area contributed by atoms with Crippen LogP contribution in [0.5, 0.6) is 0 Å². The van der Waals surface area contributed by atoms with Crippen molar-refractivity contribution < 1.29 is 19.1 Å². The van der Waals surface area contributed by atoms with Crippen molar-refractivity contribution in [3.63, 3.8) is 0 Å². The van der Waals surface area contributed by atoms with E-state index in [9.17, 15) is 14.0 Å². The number of aliphatic carboxylic acids is 1. The fourth-order valence-electron chi connectivity index (χ4n) is 2.69. The lowest BCUT2D eigenvalue weighted by atomic mass is 9.93. The Labute approximate surface area is 142 Å². The Morgan fingerprint density at radius 1 is 1.21 bits per heavy atom. The van der Waals surface area contributed by atoms with Gasteiger partial charge in [0.25, 0.3) is 0 Å². The second kappa shape index (κ2) is 6.45. The molecule has 1 unspecified atom stereocenters. The zero-order chi connectivity index (χ0) is 17.3. The molecule has 0 aliphatic carbocycles. The highest BCUT2D eigenvalue weighted by atomic mass is 35.5. The fraction of sp³-hybridized carbons (Fsp3) is 0.111. The van der Waals surface area contributed by atoms with Gasteiger partial charge < -0.3 is 10.4 Å². The molecule has 0 fully saturated rings. The van der Waals surface area contributed by atoms with Crippen molar-refractivity contribution in [3.8, 4) is 0 Å². The minimum absolute atomic E-state index is 0.285. The zero-order valence-corrected chi connectivity index (χ0v) is 13.2. The molecule has 122 valence electrons. The summed E-state index contributed by atoms with van der Waals surface area (Å²) in [6, 6.07) is 11.0. The second-order valence-electron chi connectivity index (χ2n) is 5.44. The van der Waals surface area contributed by atoms with E-state index >= 15 is 0 Å². The molecular weight excluding hydrogens is 333 g/mol. The van der Waals surface area contributed by atoms with Gasteiger partial charge in [-0.3, -0.25) is 9.59 Å². The van der Waals surface area contributed by atoms with Crippen LogP contribution in [0, 0.1) is 11.7 Å². The Kier molecular flexibility index (Phi) is 4.36. The molecular formula is C18H13ClFNO3. The maximum absolute atomic E-state index is 14.3. The molecule has 0 spiro atoms. The Morgan fingerprint density at radius 2 is 1.96 bits per heavy atom. The summed E-state index contributed by atoms with van der Waals surface area (Å²) in [5, 5.41) is 12.2. The number of halogens is 2. The van der Waals surface area contributed by atoms with Gasteiger partial charge in [0.2, 0.25) is 5.91 Å². The summed E-state index contributed by atoms with van der Waals surface area (Å²) in [6.45, 7) is 0. The van der Waals surface area contributed by atoms with Gasteiger partial charge >= 0.3 is 5.97 Å². The van der Waals surface area contributed by atoms with E-state index in [4.69, 9.17) is 16.7 Å². The van der Waals surface area contributed by atoms with E-state index in [1.165, 1.54) is 12.1 Å². The normalized spacial score (nSPS) is 16.7. The van der Waals surface area contributed by atoms with Crippen LogP contribution in [0.4, 0.5) is 10.1 Å². The molecule has 1 aliphatic heterocycles. The molecule has 1 aliphatic rings. The molecule has 1 amide bonds. The van der Waals surface area contributed by atoms with Gasteiger partial charge in [-0.1, -0.05) is 35.9 Å². The molecule has 0 saturated heterocycles. The van der Waals surface area contributed by atoms with Crippen LogP contribution < -0.4 is 5.32 Å². The van der Waals surface area contributed by atoms with Crippen molar-refractivity contribution >= 4 is 34.7 Å². The molecule has 0 aromatic heterocycles. The number of fused-ring (bicyclic) bond motifs is 1. The smallest absolute Gasteiger partial charge is 0.304 e. The van der Waals surface area contributed by atoms with Gasteiger partial charge in [0.1, 0.15) is 5.82 Å². The highest BCUT2D eigenvalue weighted by Crippen LogP contribution is 2.36. The molecule has 0 saturated carbocycles. The van der Waals surface area contributed by atoms with Crippen molar-refractivity contribution in [1.29, 1.82) is 0 Å². The van der Waals surface area contributed by atoms with Crippen LogP contribution in [-0.4, -0.2) is 17.0 Å². The highest BCUT2D eigenvalue weighted by Gasteiger charge is 2.27. The molecule has 3 rings (SSSR count). The van der Waals surface area contributed by atoms with Crippen LogP contribution in [0.1, 0.15) is 17.5 Å². The van der Waals surface area contributed by atoms with E-state index in [1.807, 2.05) is 0 Å². The first-order valence-electron chi connectivity index (χ1n) is 7.25. The van der Waals surface area contributed by atoms with Gasteiger partial charge in [0, 0.05) is 21.8 Å². The molecule has 1 heterocycles. The van der Waals surface area contributed by atoms with Gasteiger partial charge in [-0.15, -0.1) is 0 Å². The minimum Gasteiger partial charge on any atom is -0.481 e. The number of carbonyl (C=O) groups is 2. The van der Waals surface area contributed by atoms with Crippen LogP contribution in [-0.2, 0) is 9.59 Å². The molecule has 4 nitrogen and oxygen atoms in total. The first-order valence-corrected chi connectivity index (χ1v) is 7.63. The van der Waals surface area contributed by atoms with Gasteiger partial charge in [-0.2, -0.15) is 0 Å². The topological polar surface area (TPSA) is 66.4 Å². The van der Waals surface area contributed by atoms with Crippen LogP contribution in [0.3, 0.4) is 0 Å². The van der Waals surface area contributed by atoms with Gasteiger partial charge in [0.15, 0.2) is 0 Å². The standard InChI is InChI=1S/C18H13ClFNO3/c19-11-5-6-16-14(9-11)13(12-3-1-2-4-15(12)20)7-10(8-17(22)23)18(24)21-16/h1-7,9-10H,8H2,(H,21,24)(H,22,23). The lowest BCUT2D eigenvalue weighted by molar-refractivity contribution is -0.139. The van der Waals surface area contributed by atoms with Gasteiger partial charge in [0.05, 0.1) is 12.3 Å². The monoisotopic (exact) mass is 345 g/mol. The number of nitrogens with one attached hydrogen (secondary N) is 1. The lowest BCUT2D eigenvalue weighted by Gasteiger charge is -2.12. The Balaban J connectivity index is 2.23. The molecule has 1 atom stereocenters.